The fourth-order valence-electron chi connectivity index (χ4n) is 5.35. The molecule has 6 rings (SSSR count). The molecule has 0 amide bonds. The van der Waals surface area contributed by atoms with Crippen molar-refractivity contribution in [1.82, 2.24) is 19.1 Å². The average Bonchev–Trinajstić information content (AvgIpc) is 3.32. The summed E-state index contributed by atoms with van der Waals surface area (Å²) in [7, 11) is 0. The molecule has 0 radical (unpaired) electrons. The van der Waals surface area contributed by atoms with Crippen LogP contribution in [0.2, 0.25) is 0 Å². The fourth-order valence-corrected chi connectivity index (χ4v) is 5.35. The molecule has 0 aliphatic rings. The molecular weight excluding hydrogens is 534 g/mol. The lowest BCUT2D eigenvalue weighted by atomic mass is 10.2. The Balaban J connectivity index is 0.00000114. The van der Waals surface area contributed by atoms with Crippen molar-refractivity contribution in [3.63, 3.8) is 0 Å². The van der Waals surface area contributed by atoms with Crippen LogP contribution in [0, 0.1) is 13.8 Å². The number of unbranched alkanes of at least 4 members (excludes halogenated alkanes) is 1. The zero-order valence-electron chi connectivity index (χ0n) is 20.2. The topological polar surface area (TPSA) is 35.6 Å². The first-order valence-electron chi connectivity index (χ1n) is 11.4. The summed E-state index contributed by atoms with van der Waals surface area (Å²) in [5.41, 5.74) is 7.34. The SMILES string of the molecule is Cc1nccc2c3ccccc3n(CCCCn3c4ccccc4c4ccnc(C)c43)c12.Cl.Cl.Cl.Cl. The van der Waals surface area contributed by atoms with E-state index in [9.17, 15) is 0 Å². The van der Waals surface area contributed by atoms with Crippen LogP contribution in [0.3, 0.4) is 0 Å². The molecular formula is C28H30Cl4N4. The van der Waals surface area contributed by atoms with Crippen LogP contribution in [0.1, 0.15) is 24.2 Å². The highest BCUT2D eigenvalue weighted by molar-refractivity contribution is 6.09. The molecule has 0 spiro atoms. The van der Waals surface area contributed by atoms with Crippen molar-refractivity contribution in [2.24, 2.45) is 0 Å². The number of benzene rings is 2. The van der Waals surface area contributed by atoms with Gasteiger partial charge in [0.1, 0.15) is 0 Å². The minimum Gasteiger partial charge on any atom is -0.339 e. The highest BCUT2D eigenvalue weighted by Crippen LogP contribution is 2.32. The van der Waals surface area contributed by atoms with Gasteiger partial charge in [-0.1, -0.05) is 36.4 Å². The Morgan fingerprint density at radius 3 is 1.33 bits per heavy atom. The highest BCUT2D eigenvalue weighted by Gasteiger charge is 2.14. The minimum absolute atomic E-state index is 0. The van der Waals surface area contributed by atoms with Crippen LogP contribution in [-0.2, 0) is 13.1 Å². The van der Waals surface area contributed by atoms with E-state index in [0.29, 0.717) is 0 Å². The summed E-state index contributed by atoms with van der Waals surface area (Å²) in [5.74, 6) is 0. The highest BCUT2D eigenvalue weighted by atomic mass is 35.5. The molecule has 0 saturated heterocycles. The molecule has 0 atom stereocenters. The molecule has 190 valence electrons. The number of halogens is 4. The van der Waals surface area contributed by atoms with E-state index < -0.39 is 0 Å². The van der Waals surface area contributed by atoms with E-state index >= 15 is 0 Å². The fraction of sp³-hybridized carbons (Fsp3) is 0.214. The third kappa shape index (κ3) is 4.76. The number of pyridine rings is 2. The number of fused-ring (bicyclic) bond motifs is 6. The summed E-state index contributed by atoms with van der Waals surface area (Å²) in [6.07, 6.45) is 6.06. The van der Waals surface area contributed by atoms with Gasteiger partial charge in [0.15, 0.2) is 0 Å². The molecule has 6 aromatic rings. The van der Waals surface area contributed by atoms with E-state index in [1.54, 1.807) is 0 Å². The van der Waals surface area contributed by atoms with Crippen molar-refractivity contribution in [3.8, 4) is 0 Å². The lowest BCUT2D eigenvalue weighted by molar-refractivity contribution is 0.582. The van der Waals surface area contributed by atoms with Gasteiger partial charge in [0.2, 0.25) is 0 Å². The van der Waals surface area contributed by atoms with Gasteiger partial charge in [0, 0.05) is 58.1 Å². The number of nitrogens with zero attached hydrogens (tertiary/aromatic N) is 4. The molecule has 4 aromatic heterocycles. The molecule has 0 bridgehead atoms. The Morgan fingerprint density at radius 2 is 0.917 bits per heavy atom. The Hall–Kier alpha value is -2.50. The van der Waals surface area contributed by atoms with Crippen LogP contribution in [0.25, 0.3) is 43.6 Å². The maximum absolute atomic E-state index is 4.58. The number of para-hydroxylation sites is 2. The molecule has 2 aromatic carbocycles. The van der Waals surface area contributed by atoms with Crippen LogP contribution < -0.4 is 0 Å². The van der Waals surface area contributed by atoms with Crippen LogP contribution in [-0.4, -0.2) is 19.1 Å². The number of aryl methyl sites for hydroxylation is 4. The molecule has 36 heavy (non-hydrogen) atoms. The van der Waals surface area contributed by atoms with Crippen molar-refractivity contribution in [2.45, 2.75) is 39.8 Å². The third-order valence-corrected chi connectivity index (χ3v) is 6.74. The predicted octanol–water partition coefficient (Wildman–Crippen LogP) is 8.48. The maximum Gasteiger partial charge on any atom is 0.0707 e. The van der Waals surface area contributed by atoms with E-state index in [1.807, 2.05) is 12.4 Å². The van der Waals surface area contributed by atoms with Gasteiger partial charge in [-0.05, 0) is 51.0 Å². The summed E-state index contributed by atoms with van der Waals surface area (Å²) in [4.78, 5) is 9.16. The maximum atomic E-state index is 4.58. The summed E-state index contributed by atoms with van der Waals surface area (Å²) in [6.45, 7) is 6.22. The van der Waals surface area contributed by atoms with Crippen molar-refractivity contribution in [3.05, 3.63) is 84.4 Å². The van der Waals surface area contributed by atoms with Crippen LogP contribution in [0.15, 0.2) is 73.1 Å². The smallest absolute Gasteiger partial charge is 0.0707 e. The Bertz CT molecular complexity index is 1500. The first kappa shape index (κ1) is 29.7. The van der Waals surface area contributed by atoms with Gasteiger partial charge < -0.3 is 9.13 Å². The Morgan fingerprint density at radius 1 is 0.528 bits per heavy atom. The van der Waals surface area contributed by atoms with Crippen molar-refractivity contribution < 1.29 is 0 Å². The zero-order chi connectivity index (χ0) is 21.7. The summed E-state index contributed by atoms with van der Waals surface area (Å²) < 4.78 is 4.93. The molecule has 4 heterocycles. The Kier molecular flexibility index (Phi) is 10.0. The normalized spacial score (nSPS) is 10.6. The van der Waals surface area contributed by atoms with E-state index in [1.165, 1.54) is 43.6 Å². The standard InChI is InChI=1S/C28H26N4.4ClH/c1-19-27-23(13-15-29-19)21-9-3-5-11-25(21)31(27)17-7-8-18-32-26-12-6-4-10-22(26)24-14-16-30-20(2)28(24)32;;;;/h3-6,9-16H,7-8,17-18H2,1-2H3;4*1H. The molecule has 4 nitrogen and oxygen atoms in total. The monoisotopic (exact) mass is 562 g/mol. The first-order chi connectivity index (χ1) is 15.7. The van der Waals surface area contributed by atoms with Crippen molar-refractivity contribution in [1.29, 1.82) is 0 Å². The van der Waals surface area contributed by atoms with Gasteiger partial charge in [-0.15, -0.1) is 49.6 Å². The number of hydrogen-bond acceptors (Lipinski definition) is 2. The molecule has 8 heteroatoms. The second kappa shape index (κ2) is 12.2. The number of rotatable bonds is 5. The Labute approximate surface area is 235 Å². The molecule has 0 aliphatic carbocycles. The number of hydrogen-bond donors (Lipinski definition) is 0. The lowest BCUT2D eigenvalue weighted by Gasteiger charge is -2.11. The predicted molar refractivity (Wildman–Crippen MR) is 162 cm³/mol. The van der Waals surface area contributed by atoms with E-state index in [2.05, 4.69) is 93.6 Å². The van der Waals surface area contributed by atoms with Crippen LogP contribution >= 0.6 is 49.6 Å². The van der Waals surface area contributed by atoms with Gasteiger partial charge >= 0.3 is 0 Å². The largest absolute Gasteiger partial charge is 0.339 e. The quantitative estimate of drug-likeness (QED) is 0.197. The van der Waals surface area contributed by atoms with Gasteiger partial charge in [-0.3, -0.25) is 9.97 Å². The second-order valence-corrected chi connectivity index (χ2v) is 8.63. The van der Waals surface area contributed by atoms with Crippen molar-refractivity contribution in [2.75, 3.05) is 0 Å². The molecule has 0 fully saturated rings. The van der Waals surface area contributed by atoms with E-state index in [4.69, 9.17) is 0 Å². The van der Waals surface area contributed by atoms with Crippen LogP contribution in [0.4, 0.5) is 0 Å². The summed E-state index contributed by atoms with van der Waals surface area (Å²) in [5, 5.41) is 5.24. The third-order valence-electron chi connectivity index (χ3n) is 6.74. The molecule has 0 aliphatic heterocycles. The number of aromatic nitrogens is 4. The van der Waals surface area contributed by atoms with E-state index in [0.717, 1.165) is 37.3 Å². The van der Waals surface area contributed by atoms with Gasteiger partial charge in [0.05, 0.1) is 22.4 Å². The van der Waals surface area contributed by atoms with Gasteiger partial charge in [-0.25, -0.2) is 0 Å². The van der Waals surface area contributed by atoms with Gasteiger partial charge in [-0.2, -0.15) is 0 Å². The van der Waals surface area contributed by atoms with Crippen molar-refractivity contribution >= 4 is 93.2 Å². The lowest BCUT2D eigenvalue weighted by Crippen LogP contribution is -2.03. The minimum atomic E-state index is 0. The zero-order valence-corrected chi connectivity index (χ0v) is 23.4. The average molecular weight is 564 g/mol. The molecule has 0 unspecified atom stereocenters. The molecule has 0 N–H and O–H groups in total. The second-order valence-electron chi connectivity index (χ2n) is 8.63. The van der Waals surface area contributed by atoms with Gasteiger partial charge in [0.25, 0.3) is 0 Å². The first-order valence-corrected chi connectivity index (χ1v) is 11.4. The van der Waals surface area contributed by atoms with E-state index in [-0.39, 0.29) is 49.6 Å². The molecule has 0 saturated carbocycles. The van der Waals surface area contributed by atoms with Crippen LogP contribution in [0.5, 0.6) is 0 Å². The summed E-state index contributed by atoms with van der Waals surface area (Å²) >= 11 is 0. The summed E-state index contributed by atoms with van der Waals surface area (Å²) in [6, 6.07) is 21.7.